The Morgan fingerprint density at radius 3 is 1.86 bits per heavy atom. The number of para-hydroxylation sites is 1. The molecule has 0 amide bonds. The zero-order valence-electron chi connectivity index (χ0n) is 3.96. The fourth-order valence-corrected chi connectivity index (χ4v) is 0.453. The Balaban J connectivity index is 3.02. The van der Waals surface area contributed by atoms with Crippen LogP contribution in [-0.2, 0) is 0 Å². The molecular formula is C6H7N. The summed E-state index contributed by atoms with van der Waals surface area (Å²) in [5.41, 5.74) is 6.18. The van der Waals surface area contributed by atoms with E-state index in [2.05, 4.69) is 0 Å². The fraction of sp³-hybridized carbons (Fsp3) is 0. The predicted octanol–water partition coefficient (Wildman–Crippen LogP) is 1.27. The molecule has 0 unspecified atom stereocenters. The molecule has 0 saturated heterocycles. The summed E-state index contributed by atoms with van der Waals surface area (Å²) in [6.07, 6.45) is 0. The van der Waals surface area contributed by atoms with Crippen molar-refractivity contribution in [2.75, 3.05) is 5.73 Å². The van der Waals surface area contributed by atoms with Crippen LogP contribution in [0, 0.1) is 0 Å². The van der Waals surface area contributed by atoms with Crippen LogP contribution >= 0.6 is 0 Å². The summed E-state index contributed by atoms with van der Waals surface area (Å²) >= 11 is 0. The zero-order valence-corrected chi connectivity index (χ0v) is 3.96. The maximum atomic E-state index is 5.36. The molecule has 1 nitrogen and oxygen atoms in total. The lowest BCUT2D eigenvalue weighted by Crippen LogP contribution is -1.79. The van der Waals surface area contributed by atoms with Crippen molar-refractivity contribution in [2.24, 2.45) is 0 Å². The maximum absolute atomic E-state index is 5.36. The van der Waals surface area contributed by atoms with Gasteiger partial charge in [-0.05, 0) is 12.1 Å². The Kier molecular flexibility index (Phi) is 0.984. The Labute approximate surface area is 42.8 Å². The third-order valence-electron chi connectivity index (χ3n) is 0.800. The molecule has 1 aromatic carbocycles. The van der Waals surface area contributed by atoms with Crippen molar-refractivity contribution in [3.63, 3.8) is 0 Å². The van der Waals surface area contributed by atoms with Gasteiger partial charge in [-0.15, -0.1) is 0 Å². The molecule has 0 radical (unpaired) electrons. The third kappa shape index (κ3) is 0.929. The van der Waals surface area contributed by atoms with E-state index < -0.39 is 0 Å². The van der Waals surface area contributed by atoms with Gasteiger partial charge in [-0.3, -0.25) is 0 Å². The van der Waals surface area contributed by atoms with Crippen LogP contribution < -0.4 is 5.73 Å². The summed E-state index contributed by atoms with van der Waals surface area (Å²) in [4.78, 5) is 0. The van der Waals surface area contributed by atoms with Crippen molar-refractivity contribution in [3.8, 4) is 0 Å². The highest BCUT2D eigenvalue weighted by atomic mass is 14.6. The van der Waals surface area contributed by atoms with E-state index in [9.17, 15) is 0 Å². The average Bonchev–Trinajstić information content (AvgIpc) is 1.69. The first kappa shape index (κ1) is 4.19. The van der Waals surface area contributed by atoms with E-state index in [1.807, 2.05) is 30.3 Å². The highest BCUT2D eigenvalue weighted by Crippen LogP contribution is 1.95. The van der Waals surface area contributed by atoms with Crippen LogP contribution in [0.2, 0.25) is 0 Å². The van der Waals surface area contributed by atoms with E-state index in [-0.39, 0.29) is 0 Å². The number of benzene rings is 1. The number of rotatable bonds is 0. The van der Waals surface area contributed by atoms with Gasteiger partial charge in [0.05, 0.1) is 0 Å². The molecule has 1 heteroatoms. The van der Waals surface area contributed by atoms with E-state index in [4.69, 9.17) is 5.73 Å². The van der Waals surface area contributed by atoms with Gasteiger partial charge in [0.1, 0.15) is 0 Å². The minimum Gasteiger partial charge on any atom is -0.399 e. The maximum Gasteiger partial charge on any atom is 0.0313 e. The topological polar surface area (TPSA) is 26.0 Å². The molecule has 0 spiro atoms. The summed E-state index contributed by atoms with van der Waals surface area (Å²) in [5.74, 6) is 0. The smallest absolute Gasteiger partial charge is 0.0313 e. The van der Waals surface area contributed by atoms with E-state index in [0.29, 0.717) is 0 Å². The number of hydrogen-bond donors (Lipinski definition) is 1. The number of anilines is 1. The van der Waals surface area contributed by atoms with Gasteiger partial charge in [0, 0.05) is 5.69 Å². The van der Waals surface area contributed by atoms with Crippen molar-refractivity contribution < 1.29 is 0 Å². The second-order valence-electron chi connectivity index (χ2n) is 1.41. The van der Waals surface area contributed by atoms with Gasteiger partial charge in [-0.2, -0.15) is 0 Å². The number of hydrogen-bond acceptors (Lipinski definition) is 1. The third-order valence-corrected chi connectivity index (χ3v) is 0.800. The molecule has 7 heavy (non-hydrogen) atoms. The van der Waals surface area contributed by atoms with Crippen LogP contribution in [0.3, 0.4) is 0 Å². The average molecular weight is 94.1 g/mol. The molecule has 2 N–H and O–H groups in total. The van der Waals surface area contributed by atoms with Crippen molar-refractivity contribution >= 4 is 5.69 Å². The number of nitrogens with two attached hydrogens (primary N) is 1. The SMILES string of the molecule is Nc1cccc[13cH]1. The highest BCUT2D eigenvalue weighted by molar-refractivity contribution is 5.35. The van der Waals surface area contributed by atoms with E-state index in [1.165, 1.54) is 0 Å². The Morgan fingerprint density at radius 2 is 1.57 bits per heavy atom. The Morgan fingerprint density at radius 1 is 1.00 bits per heavy atom. The summed E-state index contributed by atoms with van der Waals surface area (Å²) in [7, 11) is 0. The monoisotopic (exact) mass is 94.1 g/mol. The van der Waals surface area contributed by atoms with Crippen molar-refractivity contribution in [3.05, 3.63) is 30.3 Å². The minimum absolute atomic E-state index is 0.822. The molecule has 0 fully saturated rings. The fourth-order valence-electron chi connectivity index (χ4n) is 0.453. The van der Waals surface area contributed by atoms with Crippen molar-refractivity contribution in [1.29, 1.82) is 0 Å². The van der Waals surface area contributed by atoms with E-state index in [0.717, 1.165) is 5.69 Å². The summed E-state index contributed by atoms with van der Waals surface area (Å²) < 4.78 is 0. The molecular weight excluding hydrogens is 87.1 g/mol. The lowest BCUT2D eigenvalue weighted by molar-refractivity contribution is 1.69. The second kappa shape index (κ2) is 1.65. The predicted molar refractivity (Wildman–Crippen MR) is 30.9 cm³/mol. The molecule has 0 bridgehead atoms. The zero-order chi connectivity index (χ0) is 5.11. The van der Waals surface area contributed by atoms with Gasteiger partial charge in [-0.1, -0.05) is 18.2 Å². The van der Waals surface area contributed by atoms with Crippen LogP contribution in [-0.4, -0.2) is 0 Å². The van der Waals surface area contributed by atoms with Gasteiger partial charge >= 0.3 is 0 Å². The summed E-state index contributed by atoms with van der Waals surface area (Å²) in [5, 5.41) is 0. The van der Waals surface area contributed by atoms with E-state index >= 15 is 0 Å². The molecule has 0 aromatic heterocycles. The van der Waals surface area contributed by atoms with Gasteiger partial charge < -0.3 is 5.73 Å². The molecule has 0 saturated carbocycles. The molecule has 0 aliphatic rings. The quantitative estimate of drug-likeness (QED) is 0.481. The Bertz CT molecular complexity index is 134. The van der Waals surface area contributed by atoms with Crippen LogP contribution in [0.5, 0.6) is 0 Å². The molecule has 0 atom stereocenters. The molecule has 0 aliphatic carbocycles. The van der Waals surface area contributed by atoms with Crippen molar-refractivity contribution in [1.82, 2.24) is 0 Å². The molecule has 0 aliphatic heterocycles. The normalized spacial score (nSPS) is 8.57. The molecule has 36 valence electrons. The second-order valence-corrected chi connectivity index (χ2v) is 1.41. The van der Waals surface area contributed by atoms with Crippen LogP contribution in [0.15, 0.2) is 30.3 Å². The highest BCUT2D eigenvalue weighted by Gasteiger charge is 1.72. The number of nitrogen functional groups attached to an aromatic ring is 1. The minimum atomic E-state index is 0.822. The summed E-state index contributed by atoms with van der Waals surface area (Å²) in [6, 6.07) is 9.49. The summed E-state index contributed by atoms with van der Waals surface area (Å²) in [6.45, 7) is 0. The van der Waals surface area contributed by atoms with Crippen LogP contribution in [0.25, 0.3) is 0 Å². The molecule has 1 rings (SSSR count). The first-order chi connectivity index (χ1) is 3.39. The van der Waals surface area contributed by atoms with Crippen molar-refractivity contribution in [2.45, 2.75) is 0 Å². The van der Waals surface area contributed by atoms with Gasteiger partial charge in [0.15, 0.2) is 0 Å². The van der Waals surface area contributed by atoms with Crippen LogP contribution in [0.4, 0.5) is 5.69 Å². The lowest BCUT2D eigenvalue weighted by Gasteiger charge is -1.83. The largest absolute Gasteiger partial charge is 0.399 e. The van der Waals surface area contributed by atoms with Gasteiger partial charge in [0.2, 0.25) is 0 Å². The standard InChI is InChI=1S/C6H7N/c7-6-4-2-1-3-5-6/h1-5H,7H2/i4+1. The molecule has 0 heterocycles. The molecule has 1 aromatic rings. The van der Waals surface area contributed by atoms with Gasteiger partial charge in [0.25, 0.3) is 0 Å². The first-order valence-corrected chi connectivity index (χ1v) is 2.20. The van der Waals surface area contributed by atoms with Gasteiger partial charge in [-0.25, -0.2) is 0 Å². The first-order valence-electron chi connectivity index (χ1n) is 2.20. The van der Waals surface area contributed by atoms with Crippen LogP contribution in [0.1, 0.15) is 0 Å². The van der Waals surface area contributed by atoms with E-state index in [1.54, 1.807) is 0 Å². The lowest BCUT2D eigenvalue weighted by atomic mass is 10.4. The Hall–Kier alpha value is -0.980.